The topological polar surface area (TPSA) is 128 Å². The van der Waals surface area contributed by atoms with Gasteiger partial charge in [0.2, 0.25) is 5.78 Å². The van der Waals surface area contributed by atoms with Crippen LogP contribution in [0.5, 0.6) is 0 Å². The van der Waals surface area contributed by atoms with Gasteiger partial charge in [-0.15, -0.1) is 0 Å². The summed E-state index contributed by atoms with van der Waals surface area (Å²) in [4.78, 5) is 54.3. The van der Waals surface area contributed by atoms with Crippen LogP contribution in [0, 0.1) is 17.3 Å². The fourth-order valence-electron chi connectivity index (χ4n) is 3.20. The van der Waals surface area contributed by atoms with Crippen LogP contribution in [0.3, 0.4) is 0 Å². The van der Waals surface area contributed by atoms with Gasteiger partial charge in [-0.3, -0.25) is 14.4 Å². The number of ketones is 2. The van der Waals surface area contributed by atoms with E-state index in [2.05, 4.69) is 15.6 Å². The van der Waals surface area contributed by atoms with Gasteiger partial charge in [0.15, 0.2) is 11.7 Å². The molecule has 2 amide bonds. The van der Waals surface area contributed by atoms with Crippen molar-refractivity contribution in [3.8, 4) is 0 Å². The van der Waals surface area contributed by atoms with E-state index < -0.39 is 29.7 Å². The Bertz CT molecular complexity index is 808. The number of carbonyl (C=O) groups is 4. The van der Waals surface area contributed by atoms with E-state index in [1.165, 1.54) is 0 Å². The molecule has 0 radical (unpaired) electrons. The molecule has 0 aromatic carbocycles. The number of oxazole rings is 1. The Kier molecular flexibility index (Phi) is 8.36. The zero-order valence-corrected chi connectivity index (χ0v) is 18.9. The van der Waals surface area contributed by atoms with E-state index in [4.69, 9.17) is 9.15 Å². The number of Topliss-reactive ketones (excluding diaryl/α,β-unsaturated/α-hetero) is 2. The second kappa shape index (κ2) is 10.5. The standard InChI is InChI=1S/C22H33N3O6/c1-13(2)18(25-21(29)30-12-22(3,4)5)16(26)9-14-10-17-24-11-15(31-17)7-6-8-23-20(28)19(14)27/h11,13-14,18H,6-10,12H2,1-5H3,(H,23,28)(H,25,29). The highest BCUT2D eigenvalue weighted by Crippen LogP contribution is 2.19. The van der Waals surface area contributed by atoms with Crippen molar-refractivity contribution in [2.24, 2.45) is 17.3 Å². The third kappa shape index (κ3) is 7.80. The predicted octanol–water partition coefficient (Wildman–Crippen LogP) is 2.22. The zero-order chi connectivity index (χ0) is 23.2. The van der Waals surface area contributed by atoms with Crippen LogP contribution >= 0.6 is 0 Å². The molecule has 2 bridgehead atoms. The molecule has 9 nitrogen and oxygen atoms in total. The maximum Gasteiger partial charge on any atom is 0.407 e. The van der Waals surface area contributed by atoms with Gasteiger partial charge < -0.3 is 19.8 Å². The monoisotopic (exact) mass is 435 g/mol. The summed E-state index contributed by atoms with van der Waals surface area (Å²) in [6.07, 6.45) is 1.95. The Labute approximate surface area is 182 Å². The van der Waals surface area contributed by atoms with Gasteiger partial charge in [0.05, 0.1) is 18.8 Å². The van der Waals surface area contributed by atoms with Crippen molar-refractivity contribution in [2.75, 3.05) is 13.2 Å². The minimum Gasteiger partial charge on any atom is -0.449 e. The van der Waals surface area contributed by atoms with Crippen molar-refractivity contribution < 1.29 is 28.3 Å². The minimum atomic E-state index is -0.925. The highest BCUT2D eigenvalue weighted by Gasteiger charge is 2.33. The Morgan fingerprint density at radius 2 is 2.03 bits per heavy atom. The van der Waals surface area contributed by atoms with Gasteiger partial charge in [-0.2, -0.15) is 0 Å². The highest BCUT2D eigenvalue weighted by molar-refractivity contribution is 6.37. The normalized spacial score (nSPS) is 18.7. The molecule has 0 fully saturated rings. The fourth-order valence-corrected chi connectivity index (χ4v) is 3.20. The van der Waals surface area contributed by atoms with Crippen LogP contribution in [0.25, 0.3) is 0 Å². The number of alkyl carbamates (subject to hydrolysis) is 1. The summed E-state index contributed by atoms with van der Waals surface area (Å²) < 4.78 is 10.9. The fraction of sp³-hybridized carbons (Fsp3) is 0.682. The van der Waals surface area contributed by atoms with E-state index in [1.54, 1.807) is 20.0 Å². The molecule has 0 saturated heterocycles. The number of fused-ring (bicyclic) bond motifs is 2. The first kappa shape index (κ1) is 24.6. The zero-order valence-electron chi connectivity index (χ0n) is 18.9. The van der Waals surface area contributed by atoms with Crippen molar-refractivity contribution in [3.05, 3.63) is 17.8 Å². The van der Waals surface area contributed by atoms with Gasteiger partial charge in [0.1, 0.15) is 5.76 Å². The van der Waals surface area contributed by atoms with Gasteiger partial charge >= 0.3 is 6.09 Å². The molecular weight excluding hydrogens is 402 g/mol. The molecule has 172 valence electrons. The first-order chi connectivity index (χ1) is 14.5. The predicted molar refractivity (Wildman–Crippen MR) is 112 cm³/mol. The summed E-state index contributed by atoms with van der Waals surface area (Å²) in [6.45, 7) is 9.90. The average Bonchev–Trinajstić information content (AvgIpc) is 3.11. The molecule has 0 spiro atoms. The SMILES string of the molecule is CC(C)C(NC(=O)OCC(C)(C)C)C(=O)CC1Cc2ncc(o2)CCCNC(=O)C1=O. The van der Waals surface area contributed by atoms with Crippen molar-refractivity contribution in [2.45, 2.75) is 66.3 Å². The minimum absolute atomic E-state index is 0.0390. The number of hydrogen-bond acceptors (Lipinski definition) is 7. The molecule has 2 rings (SSSR count). The Balaban J connectivity index is 2.12. The highest BCUT2D eigenvalue weighted by atomic mass is 16.5. The summed E-state index contributed by atoms with van der Waals surface area (Å²) in [5, 5.41) is 5.20. The van der Waals surface area contributed by atoms with Gasteiger partial charge in [0, 0.05) is 31.7 Å². The van der Waals surface area contributed by atoms with Crippen molar-refractivity contribution in [1.82, 2.24) is 15.6 Å². The lowest BCUT2D eigenvalue weighted by molar-refractivity contribution is -0.141. The van der Waals surface area contributed by atoms with Crippen molar-refractivity contribution in [1.29, 1.82) is 0 Å². The summed E-state index contributed by atoms with van der Waals surface area (Å²) in [5.74, 6) is -1.92. The van der Waals surface area contributed by atoms with Crippen LogP contribution in [0.15, 0.2) is 10.6 Å². The molecule has 1 aliphatic heterocycles. The third-order valence-corrected chi connectivity index (χ3v) is 4.87. The first-order valence-electron chi connectivity index (χ1n) is 10.7. The number of hydrogen-bond donors (Lipinski definition) is 2. The summed E-state index contributed by atoms with van der Waals surface area (Å²) >= 11 is 0. The van der Waals surface area contributed by atoms with E-state index in [0.717, 1.165) is 0 Å². The van der Waals surface area contributed by atoms with Gasteiger partial charge in [-0.05, 0) is 17.8 Å². The molecule has 1 aromatic heterocycles. The largest absolute Gasteiger partial charge is 0.449 e. The lowest BCUT2D eigenvalue weighted by Crippen LogP contribution is -2.47. The van der Waals surface area contributed by atoms with Crippen LogP contribution in [0.4, 0.5) is 4.79 Å². The van der Waals surface area contributed by atoms with E-state index in [0.29, 0.717) is 31.0 Å². The van der Waals surface area contributed by atoms with Gasteiger partial charge in [-0.25, -0.2) is 9.78 Å². The van der Waals surface area contributed by atoms with Crippen LogP contribution in [0.1, 0.15) is 59.1 Å². The quantitative estimate of drug-likeness (QED) is 0.656. The second-order valence-electron chi connectivity index (χ2n) is 9.52. The maximum absolute atomic E-state index is 13.0. The van der Waals surface area contributed by atoms with Crippen LogP contribution in [-0.2, 0) is 32.0 Å². The molecule has 0 aliphatic carbocycles. The molecule has 31 heavy (non-hydrogen) atoms. The number of amides is 2. The van der Waals surface area contributed by atoms with Gasteiger partial charge in [0.25, 0.3) is 5.91 Å². The number of aromatic nitrogens is 1. The number of nitrogens with zero attached hydrogens (tertiary/aromatic N) is 1. The second-order valence-corrected chi connectivity index (χ2v) is 9.52. The van der Waals surface area contributed by atoms with Crippen LogP contribution < -0.4 is 10.6 Å². The van der Waals surface area contributed by atoms with Crippen molar-refractivity contribution in [3.63, 3.8) is 0 Å². The van der Waals surface area contributed by atoms with Crippen LogP contribution in [0.2, 0.25) is 0 Å². The number of carbonyl (C=O) groups excluding carboxylic acids is 4. The first-order valence-corrected chi connectivity index (χ1v) is 10.7. The maximum atomic E-state index is 13.0. The average molecular weight is 436 g/mol. The molecule has 1 aromatic rings. The summed E-state index contributed by atoms with van der Waals surface area (Å²) in [6, 6.07) is -0.846. The van der Waals surface area contributed by atoms with E-state index in [9.17, 15) is 19.2 Å². The van der Waals surface area contributed by atoms with Crippen molar-refractivity contribution >= 4 is 23.6 Å². The molecule has 1 aliphatic rings. The van der Waals surface area contributed by atoms with E-state index in [-0.39, 0.29) is 36.6 Å². The number of nitrogens with one attached hydrogen (secondary N) is 2. The molecule has 0 saturated carbocycles. The molecule has 2 atom stereocenters. The molecular formula is C22H33N3O6. The third-order valence-electron chi connectivity index (χ3n) is 4.87. The lowest BCUT2D eigenvalue weighted by Gasteiger charge is -2.24. The van der Waals surface area contributed by atoms with Gasteiger partial charge in [-0.1, -0.05) is 34.6 Å². The molecule has 2 unspecified atom stereocenters. The Hall–Kier alpha value is -2.71. The number of aryl methyl sites for hydroxylation is 1. The molecule has 2 heterocycles. The van der Waals surface area contributed by atoms with E-state index in [1.807, 2.05) is 20.8 Å². The number of ether oxygens (including phenoxy) is 1. The van der Waals surface area contributed by atoms with E-state index >= 15 is 0 Å². The number of rotatable bonds is 6. The summed E-state index contributed by atoms with van der Waals surface area (Å²) in [5.41, 5.74) is -0.210. The Morgan fingerprint density at radius 1 is 1.32 bits per heavy atom. The van der Waals surface area contributed by atoms with Crippen LogP contribution in [-0.4, -0.2) is 47.7 Å². The molecule has 2 N–H and O–H groups in total. The lowest BCUT2D eigenvalue weighted by atomic mass is 9.88. The smallest absolute Gasteiger partial charge is 0.407 e. The Morgan fingerprint density at radius 3 is 2.68 bits per heavy atom. The summed E-state index contributed by atoms with van der Waals surface area (Å²) in [7, 11) is 0. The molecule has 9 heteroatoms.